The molecular weight excluding hydrogens is 377 g/mol. The Kier molecular flexibility index (Phi) is 5.46. The maximum Gasteiger partial charge on any atom is 0.411 e. The molecule has 25 heavy (non-hydrogen) atoms. The van der Waals surface area contributed by atoms with Crippen LogP contribution in [0.4, 0.5) is 13.2 Å². The first-order valence-electron chi connectivity index (χ1n) is 6.97. The van der Waals surface area contributed by atoms with Gasteiger partial charge in [0, 0.05) is 30.0 Å². The van der Waals surface area contributed by atoms with Crippen molar-refractivity contribution in [3.8, 4) is 6.07 Å². The van der Waals surface area contributed by atoms with Gasteiger partial charge in [-0.15, -0.1) is 11.3 Å². The summed E-state index contributed by atoms with van der Waals surface area (Å²) in [6.45, 7) is 2.46. The molecule has 0 amide bonds. The zero-order chi connectivity index (χ0) is 18.8. The molecule has 2 aromatic rings. The second kappa shape index (κ2) is 7.07. The number of pyridine rings is 1. The van der Waals surface area contributed by atoms with E-state index in [0.29, 0.717) is 9.18 Å². The van der Waals surface area contributed by atoms with Gasteiger partial charge >= 0.3 is 6.18 Å². The molecule has 0 saturated heterocycles. The van der Waals surface area contributed by atoms with Gasteiger partial charge in [-0.05, 0) is 13.0 Å². The summed E-state index contributed by atoms with van der Waals surface area (Å²) in [6.07, 6.45) is -1.55. The van der Waals surface area contributed by atoms with E-state index in [0.717, 1.165) is 29.8 Å². The van der Waals surface area contributed by atoms with Crippen molar-refractivity contribution in [2.75, 3.05) is 6.54 Å². The second-order valence-electron chi connectivity index (χ2n) is 4.98. The predicted molar refractivity (Wildman–Crippen MR) is 84.2 cm³/mol. The monoisotopic (exact) mass is 390 g/mol. The van der Waals surface area contributed by atoms with Crippen molar-refractivity contribution in [2.24, 2.45) is 0 Å². The minimum Gasteiger partial charge on any atom is -0.262 e. The van der Waals surface area contributed by atoms with Crippen LogP contribution in [0.2, 0.25) is 0 Å². The highest BCUT2D eigenvalue weighted by Crippen LogP contribution is 2.41. The van der Waals surface area contributed by atoms with E-state index in [4.69, 9.17) is 5.26 Å². The van der Waals surface area contributed by atoms with E-state index >= 15 is 0 Å². The molecule has 1 unspecified atom stereocenters. The van der Waals surface area contributed by atoms with Crippen LogP contribution < -0.4 is 0 Å². The molecule has 2 rings (SSSR count). The number of alkyl halides is 3. The topological polar surface area (TPSA) is 87.0 Å². The highest BCUT2D eigenvalue weighted by atomic mass is 32.2. The summed E-state index contributed by atoms with van der Waals surface area (Å²) >= 11 is 0.780. The van der Waals surface area contributed by atoms with Crippen LogP contribution in [-0.4, -0.2) is 35.4 Å². The van der Waals surface area contributed by atoms with Crippen LogP contribution in [0.1, 0.15) is 28.4 Å². The highest BCUT2D eigenvalue weighted by Gasteiger charge is 2.50. The summed E-state index contributed by atoms with van der Waals surface area (Å²) in [5.41, 5.74) is -0.0641. The van der Waals surface area contributed by atoms with Crippen molar-refractivity contribution < 1.29 is 21.6 Å². The lowest BCUT2D eigenvalue weighted by Gasteiger charge is -2.30. The molecule has 11 heteroatoms. The molecule has 0 aromatic carbocycles. The Hall–Kier alpha value is -2.03. The fourth-order valence-electron chi connectivity index (χ4n) is 2.17. The van der Waals surface area contributed by atoms with Gasteiger partial charge in [0.05, 0.1) is 5.56 Å². The van der Waals surface area contributed by atoms with Gasteiger partial charge in [-0.1, -0.05) is 6.92 Å². The molecule has 0 fully saturated rings. The molecular formula is C14H13F3N4O2S2. The number of hydrogen-bond donors (Lipinski definition) is 0. The SMILES string of the molecule is CCN(C(c1ncc(C)s1)C(F)(F)F)S(=O)(=O)c1cncc(C#N)c1. The Balaban J connectivity index is 2.59. The molecule has 134 valence electrons. The lowest BCUT2D eigenvalue weighted by molar-refractivity contribution is -0.173. The third-order valence-corrected chi connectivity index (χ3v) is 6.10. The number of hydrogen-bond acceptors (Lipinski definition) is 6. The first-order valence-corrected chi connectivity index (χ1v) is 9.23. The molecule has 2 heterocycles. The normalized spacial score (nSPS) is 13.6. The van der Waals surface area contributed by atoms with E-state index in [9.17, 15) is 21.6 Å². The molecule has 0 radical (unpaired) electrons. The van der Waals surface area contributed by atoms with Crippen molar-refractivity contribution in [3.63, 3.8) is 0 Å². The number of halogens is 3. The summed E-state index contributed by atoms with van der Waals surface area (Å²) in [7, 11) is -4.54. The lowest BCUT2D eigenvalue weighted by Crippen LogP contribution is -2.42. The molecule has 0 spiro atoms. The van der Waals surface area contributed by atoms with E-state index in [1.54, 1.807) is 13.0 Å². The molecule has 0 bridgehead atoms. The third kappa shape index (κ3) is 3.97. The number of thiazole rings is 1. The molecule has 6 nitrogen and oxygen atoms in total. The van der Waals surface area contributed by atoms with Crippen LogP contribution >= 0.6 is 11.3 Å². The van der Waals surface area contributed by atoms with Gasteiger partial charge in [-0.3, -0.25) is 4.98 Å². The Labute approximate surface area is 146 Å². The number of rotatable bonds is 5. The van der Waals surface area contributed by atoms with E-state index in [1.807, 2.05) is 0 Å². The quantitative estimate of drug-likeness (QED) is 0.783. The van der Waals surface area contributed by atoms with Crippen molar-refractivity contribution in [1.29, 1.82) is 5.26 Å². The lowest BCUT2D eigenvalue weighted by atomic mass is 10.3. The fourth-order valence-corrected chi connectivity index (χ4v) is 4.73. The van der Waals surface area contributed by atoms with Gasteiger partial charge in [-0.2, -0.15) is 22.7 Å². The first kappa shape index (κ1) is 19.3. The van der Waals surface area contributed by atoms with Gasteiger partial charge in [-0.25, -0.2) is 13.4 Å². The van der Waals surface area contributed by atoms with Gasteiger partial charge in [0.1, 0.15) is 16.0 Å². The molecule has 2 aromatic heterocycles. The minimum atomic E-state index is -4.85. The van der Waals surface area contributed by atoms with Crippen LogP contribution in [0.25, 0.3) is 0 Å². The third-order valence-electron chi connectivity index (χ3n) is 3.23. The Morgan fingerprint density at radius 3 is 2.52 bits per heavy atom. The molecule has 1 atom stereocenters. The van der Waals surface area contributed by atoms with E-state index in [-0.39, 0.29) is 10.6 Å². The van der Waals surface area contributed by atoms with Gasteiger partial charge < -0.3 is 0 Å². The Morgan fingerprint density at radius 2 is 2.04 bits per heavy atom. The zero-order valence-corrected chi connectivity index (χ0v) is 14.8. The molecule has 0 aliphatic rings. The van der Waals surface area contributed by atoms with Crippen molar-refractivity contribution in [1.82, 2.24) is 14.3 Å². The summed E-state index contributed by atoms with van der Waals surface area (Å²) in [6, 6.07) is 0.294. The summed E-state index contributed by atoms with van der Waals surface area (Å²) in [4.78, 5) is 7.39. The summed E-state index contributed by atoms with van der Waals surface area (Å²) in [5, 5.41) is 8.49. The fraction of sp³-hybridized carbons (Fsp3) is 0.357. The van der Waals surface area contributed by atoms with Crippen LogP contribution in [0.3, 0.4) is 0 Å². The van der Waals surface area contributed by atoms with Crippen molar-refractivity contribution >= 4 is 21.4 Å². The van der Waals surface area contributed by atoms with Gasteiger partial charge in [0.15, 0.2) is 6.04 Å². The van der Waals surface area contributed by atoms with Gasteiger partial charge in [0.2, 0.25) is 10.0 Å². The number of aryl methyl sites for hydroxylation is 1. The smallest absolute Gasteiger partial charge is 0.262 e. The zero-order valence-electron chi connectivity index (χ0n) is 13.1. The second-order valence-corrected chi connectivity index (χ2v) is 8.14. The highest BCUT2D eigenvalue weighted by molar-refractivity contribution is 7.89. The molecule has 0 N–H and O–H groups in total. The minimum absolute atomic E-state index is 0.0641. The maximum absolute atomic E-state index is 13.6. The number of aromatic nitrogens is 2. The largest absolute Gasteiger partial charge is 0.411 e. The van der Waals surface area contributed by atoms with E-state index in [2.05, 4.69) is 9.97 Å². The Bertz CT molecular complexity index is 903. The predicted octanol–water partition coefficient (Wildman–Crippen LogP) is 3.03. The Morgan fingerprint density at radius 1 is 1.36 bits per heavy atom. The van der Waals surface area contributed by atoms with E-state index < -0.39 is 33.7 Å². The van der Waals surface area contributed by atoms with Crippen LogP contribution in [0, 0.1) is 18.3 Å². The van der Waals surface area contributed by atoms with Crippen LogP contribution in [0.5, 0.6) is 0 Å². The van der Waals surface area contributed by atoms with Crippen LogP contribution in [-0.2, 0) is 10.0 Å². The average molecular weight is 390 g/mol. The van der Waals surface area contributed by atoms with Gasteiger partial charge in [0.25, 0.3) is 0 Å². The molecule has 0 aliphatic carbocycles. The standard InChI is InChI=1S/C14H13F3N4O2S2/c1-3-21(12(14(15,16)17)13-20-6-9(2)24-13)25(22,23)11-4-10(5-18)7-19-8-11/h4,6-8,12H,3H2,1-2H3. The number of nitrogens with zero attached hydrogens (tertiary/aromatic N) is 4. The summed E-state index contributed by atoms with van der Waals surface area (Å²) in [5.74, 6) is 0. The number of sulfonamides is 1. The maximum atomic E-state index is 13.6. The first-order chi connectivity index (χ1) is 11.6. The summed E-state index contributed by atoms with van der Waals surface area (Å²) < 4.78 is 66.7. The van der Waals surface area contributed by atoms with Crippen LogP contribution in [0.15, 0.2) is 29.6 Å². The molecule has 0 saturated carbocycles. The average Bonchev–Trinajstić information content (AvgIpc) is 2.96. The van der Waals surface area contributed by atoms with E-state index in [1.165, 1.54) is 13.1 Å². The van der Waals surface area contributed by atoms with Crippen molar-refractivity contribution in [3.05, 3.63) is 40.1 Å². The van der Waals surface area contributed by atoms with Crippen molar-refractivity contribution in [2.45, 2.75) is 31.0 Å². The molecule has 0 aliphatic heterocycles. The number of nitriles is 1.